The maximum atomic E-state index is 15.4. The minimum Gasteiger partial charge on any atom is -0.481 e. The number of nitrogens with two attached hydrogens (primary N) is 2. The largest absolute Gasteiger partial charge is 0.481 e. The number of alkyl halides is 2. The minimum atomic E-state index is -2.53. The summed E-state index contributed by atoms with van der Waals surface area (Å²) in [5.41, 5.74) is 5.41. The van der Waals surface area contributed by atoms with Gasteiger partial charge in [-0.05, 0) is 42.3 Å². The zero-order chi connectivity index (χ0) is 45.0. The van der Waals surface area contributed by atoms with E-state index in [1.165, 1.54) is 48.5 Å². The van der Waals surface area contributed by atoms with Crippen LogP contribution in [-0.2, 0) is 52.6 Å². The second-order valence-corrected chi connectivity index (χ2v) is 13.4. The molecule has 0 saturated carbocycles. The third-order valence-electron chi connectivity index (χ3n) is 9.81. The van der Waals surface area contributed by atoms with Crippen LogP contribution in [-0.4, -0.2) is 117 Å². The third kappa shape index (κ3) is 9.72. The smallest absolute Gasteiger partial charge is 0.442 e. The van der Waals surface area contributed by atoms with Gasteiger partial charge < -0.3 is 50.8 Å². The number of ether oxygens (including phenoxy) is 4. The number of carboxylic acids is 2. The lowest BCUT2D eigenvalue weighted by Gasteiger charge is -2.49. The van der Waals surface area contributed by atoms with Crippen LogP contribution in [0.5, 0.6) is 0 Å². The number of halogens is 2. The number of nitriles is 2. The lowest BCUT2D eigenvalue weighted by molar-refractivity contribution is -0.219. The SMILES string of the molecule is COC(=O)C1=C(CF)NC(COCCN)=C(C(=O)OC(=O)C(=O)ON2C(COCCN)=C(C(=O)O)C(c3cccc(C#N)c3)C(C)(C(=O)O)C2CF)C1c1cccc(C#N)c1. The Kier molecular flexibility index (Phi) is 15.9. The zero-order valence-corrected chi connectivity index (χ0v) is 32.6. The van der Waals surface area contributed by atoms with E-state index in [9.17, 15) is 53.9 Å². The number of nitrogens with zero attached hydrogens (tertiary/aromatic N) is 3. The number of methoxy groups -OCH3 is 1. The van der Waals surface area contributed by atoms with E-state index in [1.807, 2.05) is 12.1 Å². The summed E-state index contributed by atoms with van der Waals surface area (Å²) in [6.45, 7) is -3.77. The Morgan fingerprint density at radius 2 is 1.41 bits per heavy atom. The van der Waals surface area contributed by atoms with Gasteiger partial charge in [0.1, 0.15) is 24.8 Å². The predicted molar refractivity (Wildman–Crippen MR) is 202 cm³/mol. The number of hydrogen-bond acceptors (Lipinski definition) is 17. The summed E-state index contributed by atoms with van der Waals surface area (Å²) in [7, 11) is 0.973. The Bertz CT molecular complexity index is 2270. The van der Waals surface area contributed by atoms with Crippen LogP contribution < -0.4 is 16.8 Å². The molecule has 322 valence electrons. The molecule has 61 heavy (non-hydrogen) atoms. The molecule has 2 heterocycles. The Hall–Kier alpha value is -7.04. The van der Waals surface area contributed by atoms with Crippen LogP contribution in [0.15, 0.2) is 82.3 Å². The maximum absolute atomic E-state index is 15.4. The van der Waals surface area contributed by atoms with E-state index in [1.54, 1.807) is 0 Å². The molecule has 21 heteroatoms. The molecule has 0 aliphatic carbocycles. The van der Waals surface area contributed by atoms with Crippen molar-refractivity contribution >= 4 is 35.8 Å². The molecule has 4 unspecified atom stereocenters. The highest BCUT2D eigenvalue weighted by Gasteiger charge is 2.60. The predicted octanol–water partition coefficient (Wildman–Crippen LogP) is 1.11. The minimum absolute atomic E-state index is 0.00137. The zero-order valence-electron chi connectivity index (χ0n) is 32.6. The lowest BCUT2D eigenvalue weighted by Crippen LogP contribution is -2.60. The highest BCUT2D eigenvalue weighted by molar-refractivity contribution is 6.32. The number of hydrogen-bond donors (Lipinski definition) is 5. The van der Waals surface area contributed by atoms with Crippen LogP contribution in [0.4, 0.5) is 8.78 Å². The molecule has 0 radical (unpaired) electrons. The molecule has 2 aromatic carbocycles. The van der Waals surface area contributed by atoms with Gasteiger partial charge in [0.2, 0.25) is 0 Å². The summed E-state index contributed by atoms with van der Waals surface area (Å²) in [5.74, 6) is -13.9. The van der Waals surface area contributed by atoms with Gasteiger partial charge in [-0.1, -0.05) is 24.3 Å². The quantitative estimate of drug-likeness (QED) is 0.0644. The molecule has 4 atom stereocenters. The number of carbonyl (C=O) groups is 6. The summed E-state index contributed by atoms with van der Waals surface area (Å²) in [6, 6.07) is 12.3. The van der Waals surface area contributed by atoms with Gasteiger partial charge in [0.05, 0.1) is 96.5 Å². The van der Waals surface area contributed by atoms with Crippen molar-refractivity contribution < 1.29 is 71.5 Å². The maximum Gasteiger partial charge on any atom is 0.442 e. The molecule has 4 rings (SSSR count). The van der Waals surface area contributed by atoms with E-state index >= 15 is 4.39 Å². The summed E-state index contributed by atoms with van der Waals surface area (Å²) in [6.07, 6.45) is 0. The molecule has 0 aromatic heterocycles. The molecule has 2 aliphatic heterocycles. The Morgan fingerprint density at radius 1 is 0.836 bits per heavy atom. The molecule has 7 N–H and O–H groups in total. The van der Waals surface area contributed by atoms with Gasteiger partial charge in [0.25, 0.3) is 0 Å². The molecular weight excluding hydrogens is 810 g/mol. The highest BCUT2D eigenvalue weighted by Crippen LogP contribution is 2.52. The first kappa shape index (κ1) is 46.6. The molecule has 2 aliphatic rings. The summed E-state index contributed by atoms with van der Waals surface area (Å²) in [4.78, 5) is 86.0. The van der Waals surface area contributed by atoms with Crippen LogP contribution in [0, 0.1) is 28.1 Å². The Balaban J connectivity index is 1.86. The fraction of sp³-hybridized carbons (Fsp3) is 0.350. The summed E-state index contributed by atoms with van der Waals surface area (Å²) >= 11 is 0. The van der Waals surface area contributed by atoms with Gasteiger partial charge in [-0.25, -0.2) is 37.8 Å². The Morgan fingerprint density at radius 3 is 1.93 bits per heavy atom. The van der Waals surface area contributed by atoms with Gasteiger partial charge in [0.15, 0.2) is 0 Å². The van der Waals surface area contributed by atoms with Gasteiger partial charge in [0, 0.05) is 19.0 Å². The number of dihydropyridines is 1. The number of aliphatic carboxylic acids is 2. The second-order valence-electron chi connectivity index (χ2n) is 13.4. The van der Waals surface area contributed by atoms with Crippen LogP contribution in [0.25, 0.3) is 0 Å². The van der Waals surface area contributed by atoms with Crippen molar-refractivity contribution in [3.05, 3.63) is 105 Å². The van der Waals surface area contributed by atoms with Crippen LogP contribution in [0.1, 0.15) is 41.0 Å². The number of benzene rings is 2. The normalized spacial score (nSPS) is 19.9. The average Bonchev–Trinajstić information content (AvgIpc) is 3.25. The molecule has 0 amide bonds. The van der Waals surface area contributed by atoms with E-state index in [4.69, 9.17) is 35.3 Å². The van der Waals surface area contributed by atoms with Crippen molar-refractivity contribution in [2.75, 3.05) is 60.0 Å². The van der Waals surface area contributed by atoms with Crippen LogP contribution in [0.2, 0.25) is 0 Å². The molecule has 2 aromatic rings. The van der Waals surface area contributed by atoms with E-state index in [0.29, 0.717) is 0 Å². The number of carbonyl (C=O) groups excluding carboxylic acids is 4. The van der Waals surface area contributed by atoms with Crippen molar-refractivity contribution in [3.8, 4) is 12.1 Å². The van der Waals surface area contributed by atoms with Gasteiger partial charge >= 0.3 is 35.8 Å². The topological polar surface area (TPSA) is 304 Å². The van der Waals surface area contributed by atoms with E-state index in [-0.39, 0.29) is 65.0 Å². The van der Waals surface area contributed by atoms with Crippen molar-refractivity contribution in [2.45, 2.75) is 24.8 Å². The molecule has 0 bridgehead atoms. The van der Waals surface area contributed by atoms with Crippen LogP contribution in [0.3, 0.4) is 0 Å². The molecule has 0 fully saturated rings. The summed E-state index contributed by atoms with van der Waals surface area (Å²) < 4.78 is 50.7. The fourth-order valence-electron chi connectivity index (χ4n) is 7.07. The van der Waals surface area contributed by atoms with Crippen molar-refractivity contribution in [2.24, 2.45) is 16.9 Å². The van der Waals surface area contributed by atoms with Gasteiger partial charge in [-0.15, -0.1) is 0 Å². The van der Waals surface area contributed by atoms with Gasteiger partial charge in [-0.3, -0.25) is 4.79 Å². The first-order valence-electron chi connectivity index (χ1n) is 18.1. The van der Waals surface area contributed by atoms with Gasteiger partial charge in [-0.2, -0.15) is 10.5 Å². The number of nitrogens with one attached hydrogen (secondary N) is 1. The van der Waals surface area contributed by atoms with E-state index in [0.717, 1.165) is 14.0 Å². The number of hydroxylamine groups is 2. The number of rotatable bonds is 17. The molecule has 0 saturated heterocycles. The summed E-state index contributed by atoms with van der Waals surface area (Å²) in [5, 5.41) is 43.2. The molecule has 19 nitrogen and oxygen atoms in total. The van der Waals surface area contributed by atoms with Crippen LogP contribution >= 0.6 is 0 Å². The number of allylic oxidation sites excluding steroid dienone is 1. The highest BCUT2D eigenvalue weighted by atomic mass is 19.1. The van der Waals surface area contributed by atoms with E-state index in [2.05, 4.69) is 5.32 Å². The second kappa shape index (κ2) is 20.8. The Labute approximate surface area is 346 Å². The van der Waals surface area contributed by atoms with Crippen molar-refractivity contribution in [1.82, 2.24) is 10.4 Å². The third-order valence-corrected chi connectivity index (χ3v) is 9.81. The van der Waals surface area contributed by atoms with Crippen molar-refractivity contribution in [3.63, 3.8) is 0 Å². The lowest BCUT2D eigenvalue weighted by atomic mass is 9.63. The molecular formula is C40H40F2N6O13. The average molecular weight is 851 g/mol. The first-order chi connectivity index (χ1) is 29.2. The monoisotopic (exact) mass is 850 g/mol. The van der Waals surface area contributed by atoms with Crippen molar-refractivity contribution in [1.29, 1.82) is 10.5 Å². The van der Waals surface area contributed by atoms with E-state index < -0.39 is 108 Å². The number of esters is 3. The first-order valence-corrected chi connectivity index (χ1v) is 18.1. The fourth-order valence-corrected chi connectivity index (χ4v) is 7.07. The molecule has 0 spiro atoms. The number of carboxylic acid groups (broad SMARTS) is 2. The standard InChI is InChI=1S/C40H40F2N6O13/c1-40(39(55)56)28(16-42)48(27(20-59-12-10-44)32(34(49)50)33(40)24-8-4-6-22(14-24)18-46)61-38(54)37(53)60-36(52)31-26(19-58-11-9-43)47-25(15-41)30(35(51)57-2)29(31)23-7-3-5-21(13-23)17-45/h3-8,13-14,28-29,33,47H,9-12,15-16,19-20,43-44H2,1-2H3,(H,49,50)(H,55,56).